The topological polar surface area (TPSA) is 137 Å². The summed E-state index contributed by atoms with van der Waals surface area (Å²) in [4.78, 5) is 16.1. The van der Waals surface area contributed by atoms with E-state index in [4.69, 9.17) is 21.1 Å². The number of likely N-dealkylation sites (tertiary alicyclic amines) is 1. The van der Waals surface area contributed by atoms with Crippen LogP contribution in [0.5, 0.6) is 0 Å². The summed E-state index contributed by atoms with van der Waals surface area (Å²) in [6, 6.07) is 37.7. The Balaban J connectivity index is 1.03. The van der Waals surface area contributed by atoms with Crippen LogP contribution < -0.4 is 10.0 Å². The average Bonchev–Trinajstić information content (AvgIpc) is 3.25. The Kier molecular flexibility index (Phi) is 13.7. The van der Waals surface area contributed by atoms with E-state index in [1.165, 1.54) is 12.1 Å². The minimum atomic E-state index is -3.97. The maximum absolute atomic E-state index is 13.6. The van der Waals surface area contributed by atoms with Crippen LogP contribution in [0.4, 0.5) is 0 Å². The van der Waals surface area contributed by atoms with Crippen LogP contribution in [-0.4, -0.2) is 61.2 Å². The molecule has 2 saturated heterocycles. The van der Waals surface area contributed by atoms with Crippen LogP contribution >= 0.6 is 11.6 Å². The van der Waals surface area contributed by atoms with Crippen molar-refractivity contribution in [1.29, 1.82) is 0 Å². The summed E-state index contributed by atoms with van der Waals surface area (Å²) < 4.78 is 42.8. The average molecular weight is 838 g/mol. The zero-order valence-corrected chi connectivity index (χ0v) is 34.9. The molecular formula is C47H52ClN3O7S. The number of carbonyl (C=O) groups is 1. The molecule has 5 aromatic carbocycles. The van der Waals surface area contributed by atoms with Crippen molar-refractivity contribution >= 4 is 27.5 Å². The Morgan fingerprint density at radius 3 is 2.10 bits per heavy atom. The molecule has 0 unspecified atom stereocenters. The van der Waals surface area contributed by atoms with E-state index >= 15 is 0 Å². The molecule has 2 aliphatic rings. The third-order valence-electron chi connectivity index (χ3n) is 11.6. The lowest BCUT2D eigenvalue weighted by Crippen LogP contribution is -2.49. The summed E-state index contributed by atoms with van der Waals surface area (Å²) in [6.45, 7) is 6.21. The van der Waals surface area contributed by atoms with Crippen molar-refractivity contribution in [2.24, 2.45) is 5.92 Å². The SMILES string of the molecule is Cc1ccc(S(=O)(=O)N[C@H](Cc2ccccc2)C(=O)NCc2ccc([C@@H]3O[C@H](CN4CCC(O)(c5ccc(Cl)cc5)CC4)[C@H](C)[C@H](c4ccc(CO)cc4)O3)cc2)cc1. The van der Waals surface area contributed by atoms with Crippen molar-refractivity contribution in [3.05, 3.63) is 171 Å². The third kappa shape index (κ3) is 10.7. The van der Waals surface area contributed by atoms with Gasteiger partial charge in [-0.2, -0.15) is 4.72 Å². The van der Waals surface area contributed by atoms with E-state index in [1.54, 1.807) is 12.1 Å². The van der Waals surface area contributed by atoms with Gasteiger partial charge in [0.05, 0.1) is 29.3 Å². The lowest BCUT2D eigenvalue weighted by molar-refractivity contribution is -0.277. The van der Waals surface area contributed by atoms with Gasteiger partial charge in [-0.1, -0.05) is 127 Å². The largest absolute Gasteiger partial charge is 0.392 e. The van der Waals surface area contributed by atoms with Crippen LogP contribution in [-0.2, 0) is 49.5 Å². The number of nitrogens with zero attached hydrogens (tertiary/aromatic N) is 1. The number of amides is 1. The molecule has 2 heterocycles. The second kappa shape index (κ2) is 18.9. The number of nitrogens with one attached hydrogen (secondary N) is 2. The summed E-state index contributed by atoms with van der Waals surface area (Å²) in [6.07, 6.45) is 0.201. The number of carbonyl (C=O) groups excluding carboxylic acids is 1. The highest BCUT2D eigenvalue weighted by Crippen LogP contribution is 2.42. The third-order valence-corrected chi connectivity index (χ3v) is 13.3. The smallest absolute Gasteiger partial charge is 0.241 e. The predicted molar refractivity (Wildman–Crippen MR) is 228 cm³/mol. The molecule has 5 aromatic rings. The second-order valence-electron chi connectivity index (χ2n) is 15.8. The standard InChI is InChI=1S/C47H52ClN3O7S/c1-32-8-22-41(23-9-32)59(55,56)50-42(28-34-6-4-3-5-7-34)45(53)49-29-35-10-16-38(17-11-35)46-57-43(33(2)44(58-46)37-14-12-36(31-52)13-15-37)30-51-26-24-47(54,25-27-51)39-18-20-40(48)21-19-39/h3-23,33,42-44,46,50,52,54H,24-31H2,1-2H3,(H,49,53)/t33-,42+,43+,44+,46+/m0/s1. The number of aliphatic hydroxyl groups is 2. The number of benzene rings is 5. The van der Waals surface area contributed by atoms with Gasteiger partial charge in [-0.3, -0.25) is 4.79 Å². The number of halogens is 1. The van der Waals surface area contributed by atoms with Crippen LogP contribution in [0.25, 0.3) is 0 Å². The first-order valence-electron chi connectivity index (χ1n) is 20.1. The van der Waals surface area contributed by atoms with Crippen LogP contribution in [0.15, 0.2) is 132 Å². The quantitative estimate of drug-likeness (QED) is 0.0929. The first-order chi connectivity index (χ1) is 28.4. The van der Waals surface area contributed by atoms with Crippen LogP contribution in [0.3, 0.4) is 0 Å². The fourth-order valence-electron chi connectivity index (χ4n) is 7.85. The number of aryl methyl sites for hydroxylation is 1. The van der Waals surface area contributed by atoms with Gasteiger partial charge in [-0.05, 0) is 78.3 Å². The van der Waals surface area contributed by atoms with Gasteiger partial charge in [0.25, 0.3) is 0 Å². The molecule has 12 heteroatoms. The summed E-state index contributed by atoms with van der Waals surface area (Å²) >= 11 is 6.11. The molecule has 0 spiro atoms. The van der Waals surface area contributed by atoms with E-state index in [2.05, 4.69) is 21.9 Å². The minimum Gasteiger partial charge on any atom is -0.392 e. The second-order valence-corrected chi connectivity index (χ2v) is 17.9. The highest BCUT2D eigenvalue weighted by molar-refractivity contribution is 7.89. The monoisotopic (exact) mass is 837 g/mol. The molecule has 4 N–H and O–H groups in total. The molecule has 7 rings (SSSR count). The molecule has 0 aromatic heterocycles. The summed E-state index contributed by atoms with van der Waals surface area (Å²) in [5.41, 5.74) is 5.17. The highest BCUT2D eigenvalue weighted by atomic mass is 35.5. The van der Waals surface area contributed by atoms with Gasteiger partial charge in [-0.25, -0.2) is 8.42 Å². The van der Waals surface area contributed by atoms with Gasteiger partial charge < -0.3 is 29.9 Å². The zero-order valence-electron chi connectivity index (χ0n) is 33.3. The summed E-state index contributed by atoms with van der Waals surface area (Å²) in [5.74, 6) is -0.450. The van der Waals surface area contributed by atoms with Crippen LogP contribution in [0, 0.1) is 12.8 Å². The molecule has 2 aliphatic heterocycles. The molecular weight excluding hydrogens is 786 g/mol. The van der Waals surface area contributed by atoms with Gasteiger partial charge >= 0.3 is 0 Å². The number of sulfonamides is 1. The molecule has 0 radical (unpaired) electrons. The first kappa shape index (κ1) is 42.7. The Bertz CT molecular complexity index is 2250. The molecule has 59 heavy (non-hydrogen) atoms. The Labute approximate surface area is 352 Å². The Morgan fingerprint density at radius 1 is 0.831 bits per heavy atom. The molecule has 0 saturated carbocycles. The van der Waals surface area contributed by atoms with E-state index < -0.39 is 33.9 Å². The lowest BCUT2D eigenvalue weighted by Gasteiger charge is -2.45. The fraction of sp³-hybridized carbons (Fsp3) is 0.340. The first-order valence-corrected chi connectivity index (χ1v) is 22.0. The molecule has 0 aliphatic carbocycles. The summed E-state index contributed by atoms with van der Waals surface area (Å²) in [7, 11) is -3.97. The van der Waals surface area contributed by atoms with E-state index in [-0.39, 0.29) is 42.6 Å². The van der Waals surface area contributed by atoms with Crippen molar-refractivity contribution in [2.75, 3.05) is 19.6 Å². The normalized spacial score (nSPS) is 21.4. The molecule has 5 atom stereocenters. The van der Waals surface area contributed by atoms with Crippen molar-refractivity contribution in [3.8, 4) is 0 Å². The van der Waals surface area contributed by atoms with Crippen molar-refractivity contribution in [3.63, 3.8) is 0 Å². The van der Waals surface area contributed by atoms with Gasteiger partial charge in [0.1, 0.15) is 6.04 Å². The van der Waals surface area contributed by atoms with E-state index in [0.717, 1.165) is 38.9 Å². The number of ether oxygens (including phenoxy) is 2. The van der Waals surface area contributed by atoms with Gasteiger partial charge in [0.15, 0.2) is 6.29 Å². The number of aliphatic hydroxyl groups excluding tert-OH is 1. The Morgan fingerprint density at radius 2 is 1.46 bits per heavy atom. The van der Waals surface area contributed by atoms with E-state index in [1.807, 2.05) is 110 Å². The van der Waals surface area contributed by atoms with Crippen LogP contribution in [0.2, 0.25) is 5.02 Å². The predicted octanol–water partition coefficient (Wildman–Crippen LogP) is 7.12. The Hall–Kier alpha value is -4.43. The van der Waals surface area contributed by atoms with Gasteiger partial charge in [-0.15, -0.1) is 0 Å². The molecule has 1 amide bonds. The number of hydrogen-bond acceptors (Lipinski definition) is 8. The zero-order chi connectivity index (χ0) is 41.6. The fourth-order valence-corrected chi connectivity index (χ4v) is 9.17. The molecule has 2 fully saturated rings. The van der Waals surface area contributed by atoms with E-state index in [0.29, 0.717) is 37.5 Å². The van der Waals surface area contributed by atoms with Crippen molar-refractivity contribution in [2.45, 2.75) is 81.3 Å². The number of hydrogen-bond donors (Lipinski definition) is 4. The van der Waals surface area contributed by atoms with Crippen molar-refractivity contribution in [1.82, 2.24) is 14.9 Å². The van der Waals surface area contributed by atoms with Crippen molar-refractivity contribution < 1.29 is 32.9 Å². The lowest BCUT2D eigenvalue weighted by atomic mass is 9.84. The van der Waals surface area contributed by atoms with E-state index in [9.17, 15) is 23.4 Å². The summed E-state index contributed by atoms with van der Waals surface area (Å²) in [5, 5.41) is 24.8. The molecule has 0 bridgehead atoms. The number of rotatable bonds is 14. The molecule has 310 valence electrons. The minimum absolute atomic E-state index is 0.00921. The highest BCUT2D eigenvalue weighted by Gasteiger charge is 2.41. The maximum atomic E-state index is 13.6. The van der Waals surface area contributed by atoms with Gasteiger partial charge in [0.2, 0.25) is 15.9 Å². The maximum Gasteiger partial charge on any atom is 0.241 e. The van der Waals surface area contributed by atoms with Gasteiger partial charge in [0, 0.05) is 42.7 Å². The molecule has 10 nitrogen and oxygen atoms in total. The number of piperidine rings is 1. The van der Waals surface area contributed by atoms with Crippen LogP contribution in [0.1, 0.15) is 71.1 Å².